The summed E-state index contributed by atoms with van der Waals surface area (Å²) < 4.78 is 27.3. The number of sulfonamides is 1. The van der Waals surface area contributed by atoms with Gasteiger partial charge in [-0.2, -0.15) is 4.31 Å². The highest BCUT2D eigenvalue weighted by atomic mass is 35.5. The van der Waals surface area contributed by atoms with Gasteiger partial charge in [-0.1, -0.05) is 24.1 Å². The van der Waals surface area contributed by atoms with Crippen molar-refractivity contribution in [2.24, 2.45) is 0 Å². The molecule has 31 heavy (non-hydrogen) atoms. The number of hydrogen-bond acceptors (Lipinski definition) is 6. The third-order valence-corrected chi connectivity index (χ3v) is 8.14. The molecule has 0 spiro atoms. The molecule has 0 saturated carbocycles. The summed E-state index contributed by atoms with van der Waals surface area (Å²) >= 11 is 7.64. The van der Waals surface area contributed by atoms with Gasteiger partial charge in [0.2, 0.25) is 10.0 Å². The van der Waals surface area contributed by atoms with Gasteiger partial charge in [0.05, 0.1) is 33.4 Å². The van der Waals surface area contributed by atoms with Crippen LogP contribution in [-0.2, 0) is 16.6 Å². The second-order valence-electron chi connectivity index (χ2n) is 7.15. The lowest BCUT2D eigenvalue weighted by atomic mass is 10.2. The summed E-state index contributed by atoms with van der Waals surface area (Å²) in [6.07, 6.45) is 4.41. The van der Waals surface area contributed by atoms with Crippen molar-refractivity contribution in [3.63, 3.8) is 0 Å². The molecular weight excluding hydrogens is 456 g/mol. The number of amides is 1. The van der Waals surface area contributed by atoms with Crippen LogP contribution in [0.15, 0.2) is 52.9 Å². The Balaban J connectivity index is 1.47. The number of thiazole rings is 1. The largest absolute Gasteiger partial charge is 0.346 e. The number of nitrogens with one attached hydrogen (secondary N) is 1. The van der Waals surface area contributed by atoms with Gasteiger partial charge in [-0.3, -0.25) is 9.78 Å². The minimum Gasteiger partial charge on any atom is -0.346 e. The molecule has 3 heterocycles. The highest BCUT2D eigenvalue weighted by Gasteiger charge is 2.27. The third-order valence-electron chi connectivity index (χ3n) is 5.00. The molecule has 1 saturated heterocycles. The predicted octanol–water partition coefficient (Wildman–Crippen LogP) is 3.96. The Kier molecular flexibility index (Phi) is 6.66. The fraction of sp³-hybridized carbons (Fsp3) is 0.286. The van der Waals surface area contributed by atoms with Crippen LogP contribution >= 0.6 is 22.9 Å². The van der Waals surface area contributed by atoms with Crippen LogP contribution < -0.4 is 5.32 Å². The van der Waals surface area contributed by atoms with Crippen molar-refractivity contribution in [3.05, 3.63) is 64.3 Å². The molecular formula is C21H21ClN4O3S2. The molecule has 1 aliphatic rings. The fourth-order valence-corrected chi connectivity index (χ4v) is 5.90. The van der Waals surface area contributed by atoms with E-state index in [1.807, 2.05) is 23.6 Å². The molecule has 2 aromatic heterocycles. The summed E-state index contributed by atoms with van der Waals surface area (Å²) in [7, 11) is -3.65. The number of aromatic nitrogens is 2. The number of benzene rings is 1. The first kappa shape index (κ1) is 21.9. The van der Waals surface area contributed by atoms with E-state index < -0.39 is 15.9 Å². The van der Waals surface area contributed by atoms with E-state index in [0.29, 0.717) is 18.8 Å². The van der Waals surface area contributed by atoms with Crippen molar-refractivity contribution in [1.82, 2.24) is 19.6 Å². The van der Waals surface area contributed by atoms with Crippen LogP contribution in [0.25, 0.3) is 10.7 Å². The predicted molar refractivity (Wildman–Crippen MR) is 121 cm³/mol. The van der Waals surface area contributed by atoms with Crippen LogP contribution in [0.1, 0.15) is 35.3 Å². The molecule has 0 bridgehead atoms. The number of carbonyl (C=O) groups excluding carboxylic acids is 1. The summed E-state index contributed by atoms with van der Waals surface area (Å²) in [6, 6.07) is 9.84. The van der Waals surface area contributed by atoms with Crippen LogP contribution in [0, 0.1) is 0 Å². The standard InChI is InChI=1S/C21H21ClN4O3S2/c22-18-8-7-16(31(28,29)26-10-4-1-5-11-26)12-17(18)20(27)24-13-15-14-30-21(25-15)19-6-2-3-9-23-19/h2-3,6-9,12,14H,1,4-5,10-11,13H2,(H,24,27). The van der Waals surface area contributed by atoms with E-state index in [0.717, 1.165) is 30.0 Å². The topological polar surface area (TPSA) is 92.3 Å². The Labute approximate surface area is 190 Å². The number of carbonyl (C=O) groups is 1. The van der Waals surface area contributed by atoms with Crippen molar-refractivity contribution < 1.29 is 13.2 Å². The Bertz CT molecular complexity index is 1180. The van der Waals surface area contributed by atoms with Crippen molar-refractivity contribution in [2.45, 2.75) is 30.7 Å². The highest BCUT2D eigenvalue weighted by molar-refractivity contribution is 7.89. The Morgan fingerprint density at radius 1 is 1.16 bits per heavy atom. The number of nitrogens with zero attached hydrogens (tertiary/aromatic N) is 3. The Morgan fingerprint density at radius 2 is 1.97 bits per heavy atom. The molecule has 3 aromatic rings. The first-order chi connectivity index (χ1) is 14.9. The van der Waals surface area contributed by atoms with E-state index in [2.05, 4.69) is 15.3 Å². The van der Waals surface area contributed by atoms with Crippen molar-refractivity contribution in [1.29, 1.82) is 0 Å². The van der Waals surface area contributed by atoms with Gasteiger partial charge in [0.1, 0.15) is 5.01 Å². The molecule has 162 valence electrons. The van der Waals surface area contributed by atoms with Crippen molar-refractivity contribution >= 4 is 38.9 Å². The third kappa shape index (κ3) is 4.95. The van der Waals surface area contributed by atoms with Crippen LogP contribution in [0.4, 0.5) is 0 Å². The zero-order valence-electron chi connectivity index (χ0n) is 16.6. The molecule has 1 aliphatic heterocycles. The van der Waals surface area contributed by atoms with Gasteiger partial charge in [0.25, 0.3) is 5.91 Å². The van der Waals surface area contributed by atoms with Crippen LogP contribution in [0.5, 0.6) is 0 Å². The van der Waals surface area contributed by atoms with E-state index in [-0.39, 0.29) is 22.0 Å². The molecule has 1 fully saturated rings. The van der Waals surface area contributed by atoms with E-state index in [9.17, 15) is 13.2 Å². The number of rotatable bonds is 6. The zero-order valence-corrected chi connectivity index (χ0v) is 19.0. The van der Waals surface area contributed by atoms with Crippen LogP contribution in [0.3, 0.4) is 0 Å². The van der Waals surface area contributed by atoms with Gasteiger partial charge in [-0.05, 0) is 43.2 Å². The summed E-state index contributed by atoms with van der Waals surface area (Å²) in [5.41, 5.74) is 1.58. The Hall–Kier alpha value is -2.33. The van der Waals surface area contributed by atoms with Crippen LogP contribution in [-0.4, -0.2) is 41.7 Å². The summed E-state index contributed by atoms with van der Waals surface area (Å²) in [5.74, 6) is -0.451. The molecule has 0 unspecified atom stereocenters. The normalized spacial score (nSPS) is 15.0. The maximum absolute atomic E-state index is 12.9. The maximum atomic E-state index is 12.9. The molecule has 7 nitrogen and oxygen atoms in total. The monoisotopic (exact) mass is 476 g/mol. The van der Waals surface area contributed by atoms with Crippen molar-refractivity contribution in [2.75, 3.05) is 13.1 Å². The molecule has 1 aromatic carbocycles. The average Bonchev–Trinajstić information content (AvgIpc) is 3.28. The fourth-order valence-electron chi connectivity index (χ4n) is 3.35. The van der Waals surface area contributed by atoms with E-state index in [1.165, 1.54) is 33.8 Å². The maximum Gasteiger partial charge on any atom is 0.253 e. The lowest BCUT2D eigenvalue weighted by Crippen LogP contribution is -2.35. The molecule has 1 amide bonds. The van der Waals surface area contributed by atoms with Gasteiger partial charge < -0.3 is 5.32 Å². The summed E-state index contributed by atoms with van der Waals surface area (Å²) in [4.78, 5) is 21.6. The molecule has 0 aliphatic carbocycles. The lowest BCUT2D eigenvalue weighted by molar-refractivity contribution is 0.0950. The van der Waals surface area contributed by atoms with E-state index in [1.54, 1.807) is 6.20 Å². The number of halogens is 1. The van der Waals surface area contributed by atoms with E-state index >= 15 is 0 Å². The second kappa shape index (κ2) is 9.44. The van der Waals surface area contributed by atoms with Gasteiger partial charge in [-0.25, -0.2) is 13.4 Å². The molecule has 10 heteroatoms. The molecule has 4 rings (SSSR count). The van der Waals surface area contributed by atoms with E-state index in [4.69, 9.17) is 11.6 Å². The number of pyridine rings is 1. The molecule has 0 radical (unpaired) electrons. The minimum absolute atomic E-state index is 0.0787. The molecule has 0 atom stereocenters. The summed E-state index contributed by atoms with van der Waals surface area (Å²) in [5, 5.41) is 5.58. The van der Waals surface area contributed by atoms with Crippen molar-refractivity contribution in [3.8, 4) is 10.7 Å². The number of hydrogen-bond donors (Lipinski definition) is 1. The zero-order chi connectivity index (χ0) is 21.8. The van der Waals surface area contributed by atoms with Gasteiger partial charge >= 0.3 is 0 Å². The van der Waals surface area contributed by atoms with Crippen LogP contribution in [0.2, 0.25) is 5.02 Å². The Morgan fingerprint density at radius 3 is 2.71 bits per heavy atom. The second-order valence-corrected chi connectivity index (χ2v) is 10.4. The first-order valence-electron chi connectivity index (χ1n) is 9.89. The minimum atomic E-state index is -3.65. The SMILES string of the molecule is O=C(NCc1csc(-c2ccccn2)n1)c1cc(S(=O)(=O)N2CCCCC2)ccc1Cl. The summed E-state index contributed by atoms with van der Waals surface area (Å²) in [6.45, 7) is 1.19. The van der Waals surface area contributed by atoms with Gasteiger partial charge in [-0.15, -0.1) is 11.3 Å². The quantitative estimate of drug-likeness (QED) is 0.581. The number of piperidine rings is 1. The van der Waals surface area contributed by atoms with Gasteiger partial charge in [0, 0.05) is 24.7 Å². The molecule has 1 N–H and O–H groups in total. The average molecular weight is 477 g/mol. The first-order valence-corrected chi connectivity index (χ1v) is 12.6. The highest BCUT2D eigenvalue weighted by Crippen LogP contribution is 2.25. The lowest BCUT2D eigenvalue weighted by Gasteiger charge is -2.26. The van der Waals surface area contributed by atoms with Gasteiger partial charge in [0.15, 0.2) is 0 Å². The smallest absolute Gasteiger partial charge is 0.253 e.